The third-order valence-corrected chi connectivity index (χ3v) is 6.47. The first-order valence-electron chi connectivity index (χ1n) is 13.1. The molecule has 2 aromatic rings. The first-order chi connectivity index (χ1) is 17.7. The van der Waals surface area contributed by atoms with Crippen molar-refractivity contribution in [3.8, 4) is 6.07 Å². The van der Waals surface area contributed by atoms with Crippen molar-refractivity contribution in [2.75, 3.05) is 0 Å². The molecule has 8 heteroatoms. The molecule has 0 aromatic heterocycles. The lowest BCUT2D eigenvalue weighted by molar-refractivity contribution is -0.137. The van der Waals surface area contributed by atoms with Crippen molar-refractivity contribution in [2.45, 2.75) is 78.8 Å². The number of halogens is 3. The van der Waals surface area contributed by atoms with Crippen LogP contribution in [0.2, 0.25) is 0 Å². The number of nitrogens with two attached hydrogens (primary N) is 1. The molecule has 1 amide bonds. The molecule has 0 saturated heterocycles. The Morgan fingerprint density at radius 1 is 1.11 bits per heavy atom. The van der Waals surface area contributed by atoms with Gasteiger partial charge in [-0.2, -0.15) is 23.4 Å². The summed E-state index contributed by atoms with van der Waals surface area (Å²) in [5, 5.41) is 8.52. The highest BCUT2D eigenvalue weighted by Gasteiger charge is 2.34. The van der Waals surface area contributed by atoms with Crippen LogP contribution in [-0.4, -0.2) is 19.6 Å². The van der Waals surface area contributed by atoms with Crippen LogP contribution in [0.4, 0.5) is 13.2 Å². The standard InChI is InChI=1S/C22H31F3N2O.C8H6BN/c1-13(2)5-6-16(11-14(3)4)21(28)27-20(26)18-10-9-17(22(23,24)25)12-19(18)15-7-8-15;1-6-4-8(9)3-2-7(6)5-10/h9-10,12-16H,5-8,11H2,1-4H3,(H2,26,27,28);2-4H,1H3. The monoisotopic (exact) mass is 523 g/mol. The predicted molar refractivity (Wildman–Crippen MR) is 147 cm³/mol. The fourth-order valence-corrected chi connectivity index (χ4v) is 4.23. The second kappa shape index (κ2) is 13.6. The minimum Gasteiger partial charge on any atom is -0.383 e. The van der Waals surface area contributed by atoms with Crippen molar-refractivity contribution in [2.24, 2.45) is 28.5 Å². The van der Waals surface area contributed by atoms with E-state index in [4.69, 9.17) is 18.8 Å². The van der Waals surface area contributed by atoms with Crippen LogP contribution < -0.4 is 11.2 Å². The Balaban J connectivity index is 0.000000423. The highest BCUT2D eigenvalue weighted by atomic mass is 19.4. The third-order valence-electron chi connectivity index (χ3n) is 6.47. The van der Waals surface area contributed by atoms with Crippen LogP contribution in [0.25, 0.3) is 0 Å². The minimum absolute atomic E-state index is 0.0268. The average molecular weight is 523 g/mol. The highest BCUT2D eigenvalue weighted by molar-refractivity contribution is 6.32. The Hall–Kier alpha value is -3.08. The molecule has 2 N–H and O–H groups in total. The van der Waals surface area contributed by atoms with Crippen LogP contribution in [0.1, 0.15) is 93.5 Å². The van der Waals surface area contributed by atoms with Crippen LogP contribution in [-0.2, 0) is 11.0 Å². The number of hydrogen-bond donors (Lipinski definition) is 1. The van der Waals surface area contributed by atoms with Gasteiger partial charge in [0.05, 0.1) is 17.2 Å². The van der Waals surface area contributed by atoms with E-state index in [1.807, 2.05) is 6.92 Å². The SMILES string of the molecule is CC(C)CCC(CC(C)C)C(=O)N=C(N)c1ccc(C(F)(F)F)cc1C1CC1.[B]c1ccc(C#N)c(C)c1. The van der Waals surface area contributed by atoms with Gasteiger partial charge >= 0.3 is 6.18 Å². The van der Waals surface area contributed by atoms with Gasteiger partial charge in [0.1, 0.15) is 13.7 Å². The Bertz CT molecular complexity index is 1180. The fourth-order valence-electron chi connectivity index (χ4n) is 4.23. The molecule has 3 rings (SSSR count). The number of benzene rings is 2. The van der Waals surface area contributed by atoms with Crippen molar-refractivity contribution in [1.82, 2.24) is 0 Å². The zero-order chi connectivity index (χ0) is 28.6. The molecule has 1 aliphatic carbocycles. The third kappa shape index (κ3) is 9.66. The smallest absolute Gasteiger partial charge is 0.383 e. The molecule has 2 aromatic carbocycles. The molecule has 0 heterocycles. The van der Waals surface area contributed by atoms with Gasteiger partial charge in [-0.05, 0) is 79.7 Å². The number of rotatable bonds is 8. The van der Waals surface area contributed by atoms with E-state index < -0.39 is 11.7 Å². The lowest BCUT2D eigenvalue weighted by Gasteiger charge is -2.18. The summed E-state index contributed by atoms with van der Waals surface area (Å²) in [6.45, 7) is 10.2. The maximum atomic E-state index is 13.1. The number of alkyl halides is 3. The number of amides is 1. The number of carbonyl (C=O) groups excluding carboxylic acids is 1. The van der Waals surface area contributed by atoms with Crippen LogP contribution in [0, 0.1) is 36.0 Å². The van der Waals surface area contributed by atoms with Crippen molar-refractivity contribution in [3.05, 3.63) is 64.2 Å². The summed E-state index contributed by atoms with van der Waals surface area (Å²) in [4.78, 5) is 16.9. The van der Waals surface area contributed by atoms with E-state index in [1.54, 1.807) is 18.2 Å². The summed E-state index contributed by atoms with van der Waals surface area (Å²) in [7, 11) is 5.47. The molecule has 0 bridgehead atoms. The van der Waals surface area contributed by atoms with Gasteiger partial charge in [0.25, 0.3) is 5.91 Å². The number of aryl methyl sites for hydroxylation is 1. The molecule has 1 fully saturated rings. The molecule has 0 aliphatic heterocycles. The molecular formula is C30H37BF3N3O. The molecule has 4 nitrogen and oxygen atoms in total. The molecule has 38 heavy (non-hydrogen) atoms. The summed E-state index contributed by atoms with van der Waals surface area (Å²) in [6, 6.07) is 10.8. The van der Waals surface area contributed by atoms with Gasteiger partial charge in [-0.25, -0.2) is 0 Å². The topological polar surface area (TPSA) is 79.2 Å². The van der Waals surface area contributed by atoms with Gasteiger partial charge in [0, 0.05) is 11.5 Å². The summed E-state index contributed by atoms with van der Waals surface area (Å²) < 4.78 is 39.2. The summed E-state index contributed by atoms with van der Waals surface area (Å²) in [5.74, 6) is 0.451. The largest absolute Gasteiger partial charge is 0.416 e. The quantitative estimate of drug-likeness (QED) is 0.241. The fraction of sp³-hybridized carbons (Fsp3) is 0.500. The van der Waals surface area contributed by atoms with Gasteiger partial charge < -0.3 is 5.73 Å². The van der Waals surface area contributed by atoms with Crippen molar-refractivity contribution < 1.29 is 18.0 Å². The molecule has 1 saturated carbocycles. The first-order valence-corrected chi connectivity index (χ1v) is 13.1. The Labute approximate surface area is 225 Å². The zero-order valence-electron chi connectivity index (χ0n) is 22.9. The number of nitrogens with zero attached hydrogens (tertiary/aromatic N) is 2. The number of hydrogen-bond acceptors (Lipinski definition) is 2. The Kier molecular flexibility index (Phi) is 11.2. The Morgan fingerprint density at radius 2 is 1.76 bits per heavy atom. The van der Waals surface area contributed by atoms with E-state index in [0.29, 0.717) is 34.0 Å². The lowest BCUT2D eigenvalue weighted by Crippen LogP contribution is -2.23. The predicted octanol–water partition coefficient (Wildman–Crippen LogP) is 6.57. The van der Waals surface area contributed by atoms with E-state index in [-0.39, 0.29) is 23.6 Å². The maximum Gasteiger partial charge on any atom is 0.416 e. The lowest BCUT2D eigenvalue weighted by atomic mass is 9.90. The van der Waals surface area contributed by atoms with Crippen LogP contribution in [0.5, 0.6) is 0 Å². The van der Waals surface area contributed by atoms with Gasteiger partial charge in [-0.3, -0.25) is 4.79 Å². The van der Waals surface area contributed by atoms with Crippen LogP contribution in [0.15, 0.2) is 41.4 Å². The highest BCUT2D eigenvalue weighted by Crippen LogP contribution is 2.43. The molecule has 1 aliphatic rings. The van der Waals surface area contributed by atoms with Gasteiger partial charge in [0.2, 0.25) is 0 Å². The average Bonchev–Trinajstić information content (AvgIpc) is 3.66. The molecule has 0 spiro atoms. The second-order valence-electron chi connectivity index (χ2n) is 10.9. The minimum atomic E-state index is -4.40. The van der Waals surface area contributed by atoms with Crippen molar-refractivity contribution in [1.29, 1.82) is 5.26 Å². The summed E-state index contributed by atoms with van der Waals surface area (Å²) in [5.41, 5.74) is 8.74. The van der Waals surface area contributed by atoms with Crippen molar-refractivity contribution in [3.63, 3.8) is 0 Å². The van der Waals surface area contributed by atoms with E-state index in [9.17, 15) is 18.0 Å². The molecule has 1 unspecified atom stereocenters. The van der Waals surface area contributed by atoms with E-state index >= 15 is 0 Å². The second-order valence-corrected chi connectivity index (χ2v) is 10.9. The van der Waals surface area contributed by atoms with E-state index in [1.165, 1.54) is 6.07 Å². The number of carbonyl (C=O) groups is 1. The van der Waals surface area contributed by atoms with Gasteiger partial charge in [-0.1, -0.05) is 57.8 Å². The van der Waals surface area contributed by atoms with E-state index in [0.717, 1.165) is 49.8 Å². The number of nitriles is 1. The molecule has 1 atom stereocenters. The number of aliphatic imine (C=N–C) groups is 1. The molecule has 202 valence electrons. The first kappa shape index (κ1) is 31.1. The van der Waals surface area contributed by atoms with Gasteiger partial charge in [-0.15, -0.1) is 0 Å². The molecule has 2 radical (unpaired) electrons. The number of amidine groups is 1. The summed E-state index contributed by atoms with van der Waals surface area (Å²) >= 11 is 0. The van der Waals surface area contributed by atoms with Crippen molar-refractivity contribution >= 4 is 25.1 Å². The maximum absolute atomic E-state index is 13.1. The van der Waals surface area contributed by atoms with Gasteiger partial charge in [0.15, 0.2) is 0 Å². The normalized spacial score (nSPS) is 14.6. The zero-order valence-corrected chi connectivity index (χ0v) is 22.9. The van der Waals surface area contributed by atoms with Crippen LogP contribution in [0.3, 0.4) is 0 Å². The van der Waals surface area contributed by atoms with Crippen LogP contribution >= 0.6 is 0 Å². The Morgan fingerprint density at radius 3 is 2.26 bits per heavy atom. The van der Waals surface area contributed by atoms with E-state index in [2.05, 4.69) is 38.8 Å². The summed E-state index contributed by atoms with van der Waals surface area (Å²) in [6.07, 6.45) is -0.339. The molecular weight excluding hydrogens is 486 g/mol.